The molecule has 0 bridgehead atoms. The summed E-state index contributed by atoms with van der Waals surface area (Å²) in [6, 6.07) is 31.3. The Labute approximate surface area is 295 Å². The SMILES string of the molecule is Oc1c(I)cc(COc2cc(OCc3cc(I)c(O)c(I)c3)cc([SH]3c4ccccc4-c4ccccc43)c2)cc1I. The van der Waals surface area contributed by atoms with Crippen LogP contribution in [0.25, 0.3) is 11.1 Å². The second-order valence-electron chi connectivity index (χ2n) is 9.43. The Kier molecular flexibility index (Phi) is 9.15. The first-order chi connectivity index (χ1) is 19.8. The number of rotatable bonds is 7. The predicted molar refractivity (Wildman–Crippen MR) is 198 cm³/mol. The molecule has 0 saturated heterocycles. The van der Waals surface area contributed by atoms with Gasteiger partial charge in [0.1, 0.15) is 36.2 Å². The van der Waals surface area contributed by atoms with E-state index in [0.29, 0.717) is 24.7 Å². The molecule has 5 aromatic carbocycles. The molecule has 0 fully saturated rings. The van der Waals surface area contributed by atoms with E-state index >= 15 is 0 Å². The smallest absolute Gasteiger partial charge is 0.142 e. The molecule has 0 amide bonds. The van der Waals surface area contributed by atoms with Gasteiger partial charge in [0.15, 0.2) is 0 Å². The number of phenols is 2. The van der Waals surface area contributed by atoms with Gasteiger partial charge in [-0.2, -0.15) is 10.9 Å². The van der Waals surface area contributed by atoms with Crippen LogP contribution >= 0.6 is 101 Å². The van der Waals surface area contributed by atoms with Crippen molar-refractivity contribution in [2.75, 3.05) is 0 Å². The van der Waals surface area contributed by atoms with Crippen molar-refractivity contribution in [3.63, 3.8) is 0 Å². The number of phenolic OH excluding ortho intramolecular Hbond substituents is 2. The summed E-state index contributed by atoms with van der Waals surface area (Å²) in [5, 5.41) is 20.4. The van der Waals surface area contributed by atoms with Crippen molar-refractivity contribution in [2.45, 2.75) is 27.9 Å². The van der Waals surface area contributed by atoms with Gasteiger partial charge in [-0.1, -0.05) is 36.4 Å². The Hall–Kier alpha value is -1.43. The first-order valence-corrected chi connectivity index (χ1v) is 18.2. The number of hydrogen-bond acceptors (Lipinski definition) is 4. The number of halogens is 4. The monoisotopic (exact) mass is 1010 g/mol. The van der Waals surface area contributed by atoms with E-state index in [0.717, 1.165) is 41.8 Å². The first kappa shape index (κ1) is 29.6. The van der Waals surface area contributed by atoms with E-state index < -0.39 is 10.9 Å². The quantitative estimate of drug-likeness (QED) is 0.110. The minimum Gasteiger partial charge on any atom is -0.506 e. The molecule has 2 N–H and O–H groups in total. The van der Waals surface area contributed by atoms with Crippen LogP contribution in [-0.4, -0.2) is 10.2 Å². The molecule has 6 rings (SSSR count). The summed E-state index contributed by atoms with van der Waals surface area (Å²) in [7, 11) is -0.794. The van der Waals surface area contributed by atoms with Gasteiger partial charge in [0.25, 0.3) is 0 Å². The second kappa shape index (κ2) is 12.7. The van der Waals surface area contributed by atoms with E-state index in [-0.39, 0.29) is 0 Å². The van der Waals surface area contributed by atoms with E-state index in [9.17, 15) is 10.2 Å². The minimum absolute atomic E-state index is 0.299. The van der Waals surface area contributed by atoms with Crippen molar-refractivity contribution >= 4 is 101 Å². The fraction of sp³-hybridized carbons (Fsp3) is 0.0625. The van der Waals surface area contributed by atoms with Crippen LogP contribution in [0.5, 0.6) is 23.0 Å². The molecule has 41 heavy (non-hydrogen) atoms. The Morgan fingerprint density at radius 1 is 0.537 bits per heavy atom. The van der Waals surface area contributed by atoms with Gasteiger partial charge in [-0.3, -0.25) is 0 Å². The highest BCUT2D eigenvalue weighted by molar-refractivity contribution is 14.1. The van der Waals surface area contributed by atoms with Crippen LogP contribution in [0.3, 0.4) is 0 Å². The molecule has 1 aliphatic heterocycles. The fourth-order valence-electron chi connectivity index (χ4n) is 4.79. The molecule has 4 nitrogen and oxygen atoms in total. The summed E-state index contributed by atoms with van der Waals surface area (Å²) < 4.78 is 15.9. The molecule has 0 atom stereocenters. The number of benzene rings is 5. The highest BCUT2D eigenvalue weighted by Crippen LogP contribution is 2.63. The standard InChI is InChI=1S/C32H22I4O4S/c33-25-9-18(10-26(34)31(25)37)16-39-20-13-21(40-17-19-11-27(35)32(38)28(36)12-19)15-22(14-20)41-29-7-3-1-5-23(29)24-6-2-4-8-30(24)41/h1-15,37-38,41H,16-17H2. The number of ether oxygens (including phenoxy) is 2. The molecule has 1 heterocycles. The van der Waals surface area contributed by atoms with Crippen molar-refractivity contribution in [3.05, 3.63) is 116 Å². The zero-order valence-electron chi connectivity index (χ0n) is 21.2. The lowest BCUT2D eigenvalue weighted by molar-refractivity contribution is 0.288. The highest BCUT2D eigenvalue weighted by Gasteiger charge is 2.27. The van der Waals surface area contributed by atoms with Gasteiger partial charge >= 0.3 is 0 Å². The molecule has 208 valence electrons. The minimum atomic E-state index is -0.794. The van der Waals surface area contributed by atoms with E-state index in [2.05, 4.69) is 151 Å². The molecule has 0 aliphatic carbocycles. The summed E-state index contributed by atoms with van der Waals surface area (Å²) in [6.07, 6.45) is 0. The molecular weight excluding hydrogens is 988 g/mol. The molecular formula is C32H22I4O4S. The zero-order valence-corrected chi connectivity index (χ0v) is 30.8. The van der Waals surface area contributed by atoms with Crippen LogP contribution < -0.4 is 9.47 Å². The maximum atomic E-state index is 10.2. The van der Waals surface area contributed by atoms with E-state index in [4.69, 9.17) is 9.47 Å². The maximum absolute atomic E-state index is 10.2. The van der Waals surface area contributed by atoms with Gasteiger partial charge in [-0.05, 0) is 161 Å². The number of hydrogen-bond donors (Lipinski definition) is 3. The van der Waals surface area contributed by atoms with Gasteiger partial charge < -0.3 is 19.7 Å². The molecule has 5 aromatic rings. The average Bonchev–Trinajstić information content (AvgIpc) is 3.31. The summed E-state index contributed by atoms with van der Waals surface area (Å²) in [5.41, 5.74) is 4.54. The highest BCUT2D eigenvalue weighted by atomic mass is 127. The molecule has 1 aliphatic rings. The third kappa shape index (κ3) is 6.29. The molecule has 0 unspecified atom stereocenters. The molecule has 0 aromatic heterocycles. The lowest BCUT2D eigenvalue weighted by Gasteiger charge is -2.21. The summed E-state index contributed by atoms with van der Waals surface area (Å²) >= 11 is 8.58. The van der Waals surface area contributed by atoms with Gasteiger partial charge in [0.2, 0.25) is 0 Å². The van der Waals surface area contributed by atoms with Gasteiger partial charge in [0.05, 0.1) is 14.3 Å². The van der Waals surface area contributed by atoms with E-state index in [1.807, 2.05) is 30.3 Å². The third-order valence-corrected chi connectivity index (χ3v) is 12.5. The normalized spacial score (nSPS) is 12.6. The predicted octanol–water partition coefficient (Wildman–Crippen LogP) is 10.1. The Morgan fingerprint density at radius 3 is 1.34 bits per heavy atom. The van der Waals surface area contributed by atoms with Crippen LogP contribution in [0.15, 0.2) is 106 Å². The van der Waals surface area contributed by atoms with Crippen LogP contribution in [0.1, 0.15) is 11.1 Å². The van der Waals surface area contributed by atoms with Crippen molar-refractivity contribution in [1.82, 2.24) is 0 Å². The van der Waals surface area contributed by atoms with Gasteiger partial charge in [-0.15, -0.1) is 0 Å². The lowest BCUT2D eigenvalue weighted by atomic mass is 10.1. The Morgan fingerprint density at radius 2 is 0.927 bits per heavy atom. The topological polar surface area (TPSA) is 58.9 Å². The van der Waals surface area contributed by atoms with Crippen molar-refractivity contribution in [3.8, 4) is 34.1 Å². The van der Waals surface area contributed by atoms with Crippen molar-refractivity contribution in [2.24, 2.45) is 0 Å². The zero-order chi connectivity index (χ0) is 28.7. The number of thiol groups is 1. The summed E-state index contributed by atoms with van der Waals surface area (Å²) in [4.78, 5) is 3.82. The van der Waals surface area contributed by atoms with Gasteiger partial charge in [0, 0.05) is 20.8 Å². The van der Waals surface area contributed by atoms with Crippen LogP contribution in [0.2, 0.25) is 0 Å². The van der Waals surface area contributed by atoms with Crippen molar-refractivity contribution < 1.29 is 19.7 Å². The second-order valence-corrected chi connectivity index (χ2v) is 16.2. The molecule has 0 radical (unpaired) electrons. The first-order valence-electron chi connectivity index (χ1n) is 12.5. The Bertz CT molecular complexity index is 1620. The molecule has 9 heteroatoms. The average molecular weight is 1010 g/mol. The fourth-order valence-corrected chi connectivity index (χ4v) is 11.3. The number of fused-ring (bicyclic) bond motifs is 3. The summed E-state index contributed by atoms with van der Waals surface area (Å²) in [5.74, 6) is 2.06. The van der Waals surface area contributed by atoms with Crippen LogP contribution in [0.4, 0.5) is 0 Å². The van der Waals surface area contributed by atoms with E-state index in [1.165, 1.54) is 20.9 Å². The van der Waals surface area contributed by atoms with Gasteiger partial charge in [-0.25, -0.2) is 0 Å². The lowest BCUT2D eigenvalue weighted by Crippen LogP contribution is -2.00. The Balaban J connectivity index is 1.37. The number of aromatic hydroxyl groups is 2. The largest absolute Gasteiger partial charge is 0.506 e. The molecule has 0 spiro atoms. The third-order valence-electron chi connectivity index (χ3n) is 6.67. The van der Waals surface area contributed by atoms with Crippen LogP contribution in [-0.2, 0) is 13.2 Å². The van der Waals surface area contributed by atoms with Crippen molar-refractivity contribution in [1.29, 1.82) is 0 Å². The molecule has 0 saturated carbocycles. The summed E-state index contributed by atoms with van der Waals surface area (Å²) in [6.45, 7) is 0.739. The van der Waals surface area contributed by atoms with Crippen LogP contribution in [0, 0.1) is 14.3 Å². The van der Waals surface area contributed by atoms with E-state index in [1.54, 1.807) is 0 Å². The maximum Gasteiger partial charge on any atom is 0.142 e.